The second-order valence-corrected chi connectivity index (χ2v) is 8.90. The molecule has 0 aromatic rings. The van der Waals surface area contributed by atoms with Gasteiger partial charge in [-0.3, -0.25) is 0 Å². The first-order chi connectivity index (χ1) is 5.91. The van der Waals surface area contributed by atoms with Gasteiger partial charge in [-0.25, -0.2) is 0 Å². The van der Waals surface area contributed by atoms with Crippen molar-refractivity contribution in [2.24, 2.45) is 17.8 Å². The molecule has 0 N–H and O–H groups in total. The molecule has 0 atom stereocenters. The first kappa shape index (κ1) is 21.4. The average molecular weight is 271 g/mol. The van der Waals surface area contributed by atoms with Crippen molar-refractivity contribution < 1.29 is 0 Å². The molecule has 0 saturated heterocycles. The van der Waals surface area contributed by atoms with Crippen LogP contribution in [0.1, 0.15) is 41.5 Å². The van der Waals surface area contributed by atoms with E-state index in [2.05, 4.69) is 41.5 Å². The predicted molar refractivity (Wildman–Crippen MR) is 79.2 cm³/mol. The summed E-state index contributed by atoms with van der Waals surface area (Å²) >= 11 is -0.407. The Hall–Kier alpha value is 1.11. The van der Waals surface area contributed by atoms with Gasteiger partial charge in [0.2, 0.25) is 0 Å². The third-order valence-electron chi connectivity index (χ3n) is 2.41. The lowest BCUT2D eigenvalue weighted by Gasteiger charge is -2.17. The Morgan fingerprint density at radius 2 is 0.800 bits per heavy atom. The summed E-state index contributed by atoms with van der Waals surface area (Å²) in [7, 11) is 0. The van der Waals surface area contributed by atoms with Crippen LogP contribution < -0.4 is 0 Å². The fourth-order valence-corrected chi connectivity index (χ4v) is 6.87. The van der Waals surface area contributed by atoms with E-state index in [9.17, 15) is 0 Å². The lowest BCUT2D eigenvalue weighted by atomic mass is 10.2. The van der Waals surface area contributed by atoms with Crippen LogP contribution in [0.5, 0.6) is 0 Å². The number of halogens is 2. The highest BCUT2D eigenvalue weighted by Gasteiger charge is 2.20. The third kappa shape index (κ3) is 15.1. The van der Waals surface area contributed by atoms with Gasteiger partial charge in [-0.1, -0.05) is 75.1 Å². The first-order valence-electron chi connectivity index (χ1n) is 5.91. The Kier molecular flexibility index (Phi) is 16.5. The fourth-order valence-electron chi connectivity index (χ4n) is 2.29. The molecule has 0 fully saturated rings. The van der Waals surface area contributed by atoms with E-state index in [0.29, 0.717) is 0 Å². The van der Waals surface area contributed by atoms with Gasteiger partial charge in [0, 0.05) is 0 Å². The van der Waals surface area contributed by atoms with Crippen molar-refractivity contribution in [3.05, 3.63) is 0 Å². The zero-order chi connectivity index (χ0) is 10.4. The van der Waals surface area contributed by atoms with Gasteiger partial charge in [-0.15, -0.1) is 24.8 Å². The highest BCUT2D eigenvalue weighted by atomic mass is 35.5. The molecular formula is C12H29AlCl2. The third-order valence-corrected chi connectivity index (χ3v) is 7.24. The van der Waals surface area contributed by atoms with Crippen molar-refractivity contribution in [1.82, 2.24) is 0 Å². The van der Waals surface area contributed by atoms with Gasteiger partial charge in [0.1, 0.15) is 0 Å². The van der Waals surface area contributed by atoms with E-state index in [1.807, 2.05) is 0 Å². The van der Waals surface area contributed by atoms with Crippen molar-refractivity contribution in [1.29, 1.82) is 0 Å². The van der Waals surface area contributed by atoms with Gasteiger partial charge in [-0.2, -0.15) is 0 Å². The monoisotopic (exact) mass is 270 g/mol. The molecule has 94 valence electrons. The fraction of sp³-hybridized carbons (Fsp3) is 1.00. The van der Waals surface area contributed by atoms with E-state index in [4.69, 9.17) is 0 Å². The quantitative estimate of drug-likeness (QED) is 0.575. The topological polar surface area (TPSA) is 0 Å². The van der Waals surface area contributed by atoms with Crippen LogP contribution in [0.15, 0.2) is 0 Å². The lowest BCUT2D eigenvalue weighted by Crippen LogP contribution is -2.19. The van der Waals surface area contributed by atoms with Crippen LogP contribution >= 0.6 is 24.8 Å². The summed E-state index contributed by atoms with van der Waals surface area (Å²) in [5, 5.41) is 4.66. The average Bonchev–Trinajstić information content (AvgIpc) is 1.80. The van der Waals surface area contributed by atoms with Crippen LogP contribution in [0, 0.1) is 17.8 Å². The van der Waals surface area contributed by atoms with E-state index in [1.165, 1.54) is 0 Å². The predicted octanol–water partition coefficient (Wildman–Crippen LogP) is 5.29. The van der Waals surface area contributed by atoms with Crippen LogP contribution in [0.2, 0.25) is 15.8 Å². The summed E-state index contributed by atoms with van der Waals surface area (Å²) in [6, 6.07) is 0. The minimum atomic E-state index is -0.407. The zero-order valence-corrected chi connectivity index (χ0v) is 14.0. The summed E-state index contributed by atoms with van der Waals surface area (Å²) < 4.78 is 0. The van der Waals surface area contributed by atoms with Gasteiger partial charge >= 0.3 is 0 Å². The molecular weight excluding hydrogens is 242 g/mol. The SMILES string of the molecule is CC(C)[CH2][Al]([CH2]C(C)C)[CH2]C(C)C.Cl.Cl. The molecule has 0 radical (unpaired) electrons. The number of hydrogen-bond donors (Lipinski definition) is 0. The Bertz CT molecular complexity index is 101. The smallest absolute Gasteiger partial charge is 0.147 e. The Morgan fingerprint density at radius 3 is 0.933 bits per heavy atom. The molecule has 0 saturated carbocycles. The van der Waals surface area contributed by atoms with Crippen LogP contribution in [-0.4, -0.2) is 14.1 Å². The summed E-state index contributed by atoms with van der Waals surface area (Å²) in [6.45, 7) is 14.3. The molecule has 0 amide bonds. The van der Waals surface area contributed by atoms with Crippen LogP contribution in [0.25, 0.3) is 0 Å². The molecule has 0 aliphatic carbocycles. The van der Waals surface area contributed by atoms with E-state index in [-0.39, 0.29) is 24.8 Å². The maximum atomic E-state index is 2.38. The standard InChI is InChI=1S/3C4H9.Al.2ClH/c3*1-4(2)3;;;/h3*4H,1H2,2-3H3;;2*1H. The maximum absolute atomic E-state index is 2.38. The van der Waals surface area contributed by atoms with Crippen molar-refractivity contribution in [2.75, 3.05) is 0 Å². The number of rotatable bonds is 6. The second kappa shape index (κ2) is 11.6. The molecule has 15 heavy (non-hydrogen) atoms. The minimum Gasteiger partial charge on any atom is -0.147 e. The Morgan fingerprint density at radius 1 is 0.600 bits per heavy atom. The maximum Gasteiger partial charge on any atom is 0.262 e. The van der Waals surface area contributed by atoms with Crippen molar-refractivity contribution in [3.8, 4) is 0 Å². The lowest BCUT2D eigenvalue weighted by molar-refractivity contribution is 0.659. The van der Waals surface area contributed by atoms with Gasteiger partial charge in [0.15, 0.2) is 0 Å². The second-order valence-electron chi connectivity index (χ2n) is 5.75. The van der Waals surface area contributed by atoms with Crippen molar-refractivity contribution in [2.45, 2.75) is 57.4 Å². The highest BCUT2D eigenvalue weighted by Crippen LogP contribution is 2.20. The van der Waals surface area contributed by atoms with E-state index in [1.54, 1.807) is 15.8 Å². The molecule has 3 heteroatoms. The Labute approximate surface area is 114 Å². The molecule has 0 spiro atoms. The molecule has 0 rings (SSSR count). The molecule has 0 bridgehead atoms. The van der Waals surface area contributed by atoms with Gasteiger partial charge in [0.05, 0.1) is 0 Å². The number of hydrogen-bond acceptors (Lipinski definition) is 0. The minimum absolute atomic E-state index is 0. The molecule has 0 aliphatic rings. The first-order valence-corrected chi connectivity index (χ1v) is 8.36. The van der Waals surface area contributed by atoms with E-state index >= 15 is 0 Å². The normalized spacial score (nSPS) is 10.2. The summed E-state index contributed by atoms with van der Waals surface area (Å²) in [6.07, 6.45) is 0. The summed E-state index contributed by atoms with van der Waals surface area (Å²) in [5.41, 5.74) is 0. The van der Waals surface area contributed by atoms with E-state index < -0.39 is 14.1 Å². The zero-order valence-electron chi connectivity index (χ0n) is 11.2. The Balaban J connectivity index is -0.000000720. The molecule has 0 heterocycles. The van der Waals surface area contributed by atoms with E-state index in [0.717, 1.165) is 17.8 Å². The summed E-state index contributed by atoms with van der Waals surface area (Å²) in [4.78, 5) is 0. The van der Waals surface area contributed by atoms with Gasteiger partial charge < -0.3 is 0 Å². The van der Waals surface area contributed by atoms with Gasteiger partial charge in [-0.05, 0) is 0 Å². The molecule has 0 unspecified atom stereocenters. The molecule has 0 aromatic carbocycles. The molecule has 0 aromatic heterocycles. The van der Waals surface area contributed by atoms with Crippen molar-refractivity contribution >= 4 is 39.0 Å². The molecule has 0 nitrogen and oxygen atoms in total. The van der Waals surface area contributed by atoms with Crippen LogP contribution in [-0.2, 0) is 0 Å². The van der Waals surface area contributed by atoms with Gasteiger partial charge in [0.25, 0.3) is 14.1 Å². The summed E-state index contributed by atoms with van der Waals surface area (Å²) in [5.74, 6) is 2.78. The largest absolute Gasteiger partial charge is 0.262 e. The van der Waals surface area contributed by atoms with Crippen LogP contribution in [0.3, 0.4) is 0 Å². The highest BCUT2D eigenvalue weighted by molar-refractivity contribution is 6.58. The van der Waals surface area contributed by atoms with Crippen molar-refractivity contribution in [3.63, 3.8) is 0 Å². The molecule has 0 aliphatic heterocycles. The van der Waals surface area contributed by atoms with Crippen LogP contribution in [0.4, 0.5) is 0 Å².